The first-order valence-electron chi connectivity index (χ1n) is 6.58. The number of hydrogen-bond acceptors (Lipinski definition) is 3. The van der Waals surface area contributed by atoms with E-state index in [4.69, 9.17) is 4.74 Å². The third kappa shape index (κ3) is 3.20. The minimum absolute atomic E-state index is 0.0340. The molecule has 1 aliphatic heterocycles. The van der Waals surface area contributed by atoms with Crippen molar-refractivity contribution in [1.29, 1.82) is 0 Å². The third-order valence-electron chi connectivity index (χ3n) is 3.41. The van der Waals surface area contributed by atoms with Gasteiger partial charge in [-0.2, -0.15) is 0 Å². The lowest BCUT2D eigenvalue weighted by molar-refractivity contribution is -0.123. The van der Waals surface area contributed by atoms with Crippen molar-refractivity contribution in [2.75, 3.05) is 18.5 Å². The average molecular weight is 261 g/mol. The number of hydrogen-bond donors (Lipinski definition) is 1. The van der Waals surface area contributed by atoms with E-state index in [0.29, 0.717) is 17.9 Å². The summed E-state index contributed by atoms with van der Waals surface area (Å²) in [5.41, 5.74) is 2.07. The van der Waals surface area contributed by atoms with Crippen LogP contribution in [-0.2, 0) is 9.53 Å². The first-order chi connectivity index (χ1) is 9.09. The fourth-order valence-electron chi connectivity index (χ4n) is 2.42. The Hall–Kier alpha value is -1.68. The van der Waals surface area contributed by atoms with Gasteiger partial charge in [0, 0.05) is 12.2 Å². The molecule has 1 aliphatic rings. The molecule has 1 fully saturated rings. The summed E-state index contributed by atoms with van der Waals surface area (Å²) in [6.45, 7) is 4.58. The molecule has 0 spiro atoms. The Morgan fingerprint density at radius 2 is 2.16 bits per heavy atom. The number of carbonyl (C=O) groups excluding carboxylic acids is 2. The molecule has 2 rings (SSSR count). The van der Waals surface area contributed by atoms with Crippen molar-refractivity contribution < 1.29 is 14.3 Å². The molecule has 1 aromatic rings. The first kappa shape index (κ1) is 13.7. The van der Waals surface area contributed by atoms with E-state index in [1.165, 1.54) is 6.92 Å². The van der Waals surface area contributed by atoms with Gasteiger partial charge in [-0.3, -0.25) is 9.59 Å². The van der Waals surface area contributed by atoms with Crippen LogP contribution in [0.15, 0.2) is 18.2 Å². The number of ether oxygens (including phenoxy) is 1. The molecule has 102 valence electrons. The number of anilines is 1. The van der Waals surface area contributed by atoms with Gasteiger partial charge in [0.05, 0.1) is 18.2 Å². The van der Waals surface area contributed by atoms with E-state index in [2.05, 4.69) is 5.32 Å². The second kappa shape index (κ2) is 5.97. The van der Waals surface area contributed by atoms with E-state index >= 15 is 0 Å². The lowest BCUT2D eigenvalue weighted by atomic mass is 9.99. The van der Waals surface area contributed by atoms with Crippen LogP contribution >= 0.6 is 0 Å². The summed E-state index contributed by atoms with van der Waals surface area (Å²) in [6, 6.07) is 5.48. The van der Waals surface area contributed by atoms with Crippen LogP contribution in [0.4, 0.5) is 5.69 Å². The molecule has 1 saturated heterocycles. The molecule has 0 saturated carbocycles. The molecule has 0 bridgehead atoms. The third-order valence-corrected chi connectivity index (χ3v) is 3.41. The highest BCUT2D eigenvalue weighted by molar-refractivity contribution is 6.05. The predicted molar refractivity (Wildman–Crippen MR) is 73.4 cm³/mol. The van der Waals surface area contributed by atoms with Crippen molar-refractivity contribution in [3.05, 3.63) is 29.3 Å². The summed E-state index contributed by atoms with van der Waals surface area (Å²) in [5, 5.41) is 2.86. The van der Waals surface area contributed by atoms with E-state index in [0.717, 1.165) is 25.0 Å². The van der Waals surface area contributed by atoms with E-state index in [1.807, 2.05) is 19.1 Å². The summed E-state index contributed by atoms with van der Waals surface area (Å²) in [5.74, 6) is -0.213. The van der Waals surface area contributed by atoms with E-state index in [1.54, 1.807) is 6.07 Å². The Morgan fingerprint density at radius 1 is 1.37 bits per heavy atom. The van der Waals surface area contributed by atoms with Crippen molar-refractivity contribution >= 4 is 17.4 Å². The highest BCUT2D eigenvalue weighted by Gasteiger charge is 2.23. The second-order valence-electron chi connectivity index (χ2n) is 4.96. The lowest BCUT2D eigenvalue weighted by Crippen LogP contribution is -2.30. The number of ketones is 1. The Bertz CT molecular complexity index is 490. The lowest BCUT2D eigenvalue weighted by Gasteiger charge is -2.22. The normalized spacial score (nSPS) is 18.9. The fourth-order valence-corrected chi connectivity index (χ4v) is 2.42. The number of rotatable bonds is 3. The van der Waals surface area contributed by atoms with Crippen LogP contribution < -0.4 is 5.32 Å². The Kier molecular flexibility index (Phi) is 4.32. The monoisotopic (exact) mass is 261 g/mol. The standard InChI is InChI=1S/C15H19NO3/c1-10-5-3-7-13(14(10)11(2)17)16-15(18)12-6-4-8-19-9-12/h3,5,7,12H,4,6,8-9H2,1-2H3,(H,16,18)/t12-/m1/s1. The maximum absolute atomic E-state index is 12.2. The molecule has 0 aliphatic carbocycles. The number of benzene rings is 1. The summed E-state index contributed by atoms with van der Waals surface area (Å²) in [4.78, 5) is 23.8. The van der Waals surface area contributed by atoms with Gasteiger partial charge in [-0.05, 0) is 38.3 Å². The van der Waals surface area contributed by atoms with Crippen molar-refractivity contribution in [3.8, 4) is 0 Å². The van der Waals surface area contributed by atoms with Crippen LogP contribution in [0.25, 0.3) is 0 Å². The highest BCUT2D eigenvalue weighted by atomic mass is 16.5. The van der Waals surface area contributed by atoms with E-state index in [-0.39, 0.29) is 17.6 Å². The molecule has 1 aromatic carbocycles. The molecule has 1 heterocycles. The van der Waals surface area contributed by atoms with E-state index < -0.39 is 0 Å². The van der Waals surface area contributed by atoms with Crippen LogP contribution in [0.3, 0.4) is 0 Å². The van der Waals surface area contributed by atoms with Crippen LogP contribution in [-0.4, -0.2) is 24.9 Å². The van der Waals surface area contributed by atoms with Crippen molar-refractivity contribution in [2.24, 2.45) is 5.92 Å². The molecule has 4 nitrogen and oxygen atoms in total. The molecule has 0 radical (unpaired) electrons. The number of Topliss-reactive ketones (excluding diaryl/α,β-unsaturated/α-hetero) is 1. The van der Waals surface area contributed by atoms with Gasteiger partial charge in [-0.25, -0.2) is 0 Å². The van der Waals surface area contributed by atoms with Gasteiger partial charge >= 0.3 is 0 Å². The van der Waals surface area contributed by atoms with Crippen LogP contribution in [0.5, 0.6) is 0 Å². The predicted octanol–water partition coefficient (Wildman–Crippen LogP) is 2.56. The Labute approximate surface area is 113 Å². The van der Waals surface area contributed by atoms with Crippen molar-refractivity contribution in [1.82, 2.24) is 0 Å². The SMILES string of the molecule is CC(=O)c1c(C)cccc1NC(=O)[C@@H]1CCCOC1. The van der Waals surface area contributed by atoms with Crippen LogP contribution in [0.1, 0.15) is 35.7 Å². The van der Waals surface area contributed by atoms with Crippen molar-refractivity contribution in [2.45, 2.75) is 26.7 Å². The zero-order chi connectivity index (χ0) is 13.8. The number of nitrogens with one attached hydrogen (secondary N) is 1. The quantitative estimate of drug-likeness (QED) is 0.851. The largest absolute Gasteiger partial charge is 0.381 e. The molecule has 1 amide bonds. The van der Waals surface area contributed by atoms with Gasteiger partial charge in [0.2, 0.25) is 5.91 Å². The van der Waals surface area contributed by atoms with Gasteiger partial charge < -0.3 is 10.1 Å². The number of carbonyl (C=O) groups is 2. The van der Waals surface area contributed by atoms with Crippen molar-refractivity contribution in [3.63, 3.8) is 0 Å². The van der Waals surface area contributed by atoms with Gasteiger partial charge in [0.15, 0.2) is 5.78 Å². The van der Waals surface area contributed by atoms with Gasteiger partial charge in [-0.15, -0.1) is 0 Å². The van der Waals surface area contributed by atoms with Gasteiger partial charge in [0.1, 0.15) is 0 Å². The summed E-state index contributed by atoms with van der Waals surface area (Å²) >= 11 is 0. The maximum Gasteiger partial charge on any atom is 0.229 e. The Balaban J connectivity index is 2.16. The van der Waals surface area contributed by atoms with Crippen LogP contribution in [0, 0.1) is 12.8 Å². The zero-order valence-electron chi connectivity index (χ0n) is 11.4. The summed E-state index contributed by atoms with van der Waals surface area (Å²) in [7, 11) is 0. The second-order valence-corrected chi connectivity index (χ2v) is 4.96. The summed E-state index contributed by atoms with van der Waals surface area (Å²) in [6.07, 6.45) is 1.75. The molecule has 1 N–H and O–H groups in total. The molecule has 0 unspecified atom stereocenters. The topological polar surface area (TPSA) is 55.4 Å². The zero-order valence-corrected chi connectivity index (χ0v) is 11.4. The molecule has 4 heteroatoms. The minimum Gasteiger partial charge on any atom is -0.381 e. The van der Waals surface area contributed by atoms with E-state index in [9.17, 15) is 9.59 Å². The number of amides is 1. The smallest absolute Gasteiger partial charge is 0.229 e. The molecular weight excluding hydrogens is 242 g/mol. The maximum atomic E-state index is 12.2. The fraction of sp³-hybridized carbons (Fsp3) is 0.467. The molecule has 1 atom stereocenters. The summed E-state index contributed by atoms with van der Waals surface area (Å²) < 4.78 is 5.31. The molecule has 0 aromatic heterocycles. The van der Waals surface area contributed by atoms with Crippen LogP contribution in [0.2, 0.25) is 0 Å². The Morgan fingerprint density at radius 3 is 2.79 bits per heavy atom. The number of aryl methyl sites for hydroxylation is 1. The first-order valence-corrected chi connectivity index (χ1v) is 6.58. The van der Waals surface area contributed by atoms with Gasteiger partial charge in [0.25, 0.3) is 0 Å². The minimum atomic E-state index is -0.117. The highest BCUT2D eigenvalue weighted by Crippen LogP contribution is 2.22. The average Bonchev–Trinajstić information content (AvgIpc) is 2.39. The molecular formula is C15H19NO3. The molecule has 19 heavy (non-hydrogen) atoms. The van der Waals surface area contributed by atoms with Gasteiger partial charge in [-0.1, -0.05) is 12.1 Å².